The zero-order chi connectivity index (χ0) is 18.0. The summed E-state index contributed by atoms with van der Waals surface area (Å²) in [6, 6.07) is 4.29. The van der Waals surface area contributed by atoms with Crippen molar-refractivity contribution in [1.29, 1.82) is 0 Å². The molecule has 0 saturated carbocycles. The van der Waals surface area contributed by atoms with Gasteiger partial charge in [0.25, 0.3) is 0 Å². The van der Waals surface area contributed by atoms with Crippen LogP contribution < -0.4 is 4.74 Å². The first-order valence-corrected chi connectivity index (χ1v) is 8.61. The molecule has 0 N–H and O–H groups in total. The molecule has 1 rings (SSSR count). The molecule has 1 aromatic carbocycles. The summed E-state index contributed by atoms with van der Waals surface area (Å²) in [5.41, 5.74) is 3.44. The summed E-state index contributed by atoms with van der Waals surface area (Å²) in [6.07, 6.45) is 0.542. The summed E-state index contributed by atoms with van der Waals surface area (Å²) < 4.78 is 6.18. The van der Waals surface area contributed by atoms with Gasteiger partial charge in [0.15, 0.2) is 0 Å². The summed E-state index contributed by atoms with van der Waals surface area (Å²) in [6.45, 7) is 19.6. The van der Waals surface area contributed by atoms with E-state index in [9.17, 15) is 4.79 Å². The van der Waals surface area contributed by atoms with E-state index in [1.165, 1.54) is 16.7 Å². The lowest BCUT2D eigenvalue weighted by Crippen LogP contribution is -2.27. The molecule has 0 aliphatic carbocycles. The largest absolute Gasteiger partial charge is 0.493 e. The molecule has 0 bridgehead atoms. The molecule has 0 amide bonds. The van der Waals surface area contributed by atoms with Gasteiger partial charge in [-0.2, -0.15) is 0 Å². The van der Waals surface area contributed by atoms with Crippen LogP contribution in [-0.4, -0.2) is 12.4 Å². The normalized spacial score (nSPS) is 12.6. The third kappa shape index (κ3) is 5.67. The van der Waals surface area contributed by atoms with Crippen molar-refractivity contribution >= 4 is 5.78 Å². The Kier molecular flexibility index (Phi) is 6.06. The van der Waals surface area contributed by atoms with Gasteiger partial charge in [-0.1, -0.05) is 54.5 Å². The summed E-state index contributed by atoms with van der Waals surface area (Å²) in [5.74, 6) is 1.30. The predicted molar refractivity (Wildman–Crippen MR) is 98.4 cm³/mol. The Morgan fingerprint density at radius 1 is 1.09 bits per heavy atom. The van der Waals surface area contributed by atoms with Gasteiger partial charge in [-0.05, 0) is 36.5 Å². The van der Waals surface area contributed by atoms with Crippen LogP contribution in [0.4, 0.5) is 0 Å². The third-order valence-corrected chi connectivity index (χ3v) is 4.04. The molecule has 130 valence electrons. The smallest absolute Gasteiger partial charge is 0.136 e. The Morgan fingerprint density at radius 2 is 1.65 bits per heavy atom. The number of carbonyl (C=O) groups is 1. The molecule has 23 heavy (non-hydrogen) atoms. The fourth-order valence-electron chi connectivity index (χ4n) is 2.93. The van der Waals surface area contributed by atoms with Crippen molar-refractivity contribution < 1.29 is 9.53 Å². The van der Waals surface area contributed by atoms with Crippen LogP contribution in [0.2, 0.25) is 0 Å². The maximum atomic E-state index is 12.3. The summed E-state index contributed by atoms with van der Waals surface area (Å²) >= 11 is 0. The van der Waals surface area contributed by atoms with Crippen LogP contribution in [0.1, 0.15) is 71.6 Å². The Balaban J connectivity index is 3.24. The monoisotopic (exact) mass is 318 g/mol. The Hall–Kier alpha value is -1.31. The molecule has 0 radical (unpaired) electrons. The van der Waals surface area contributed by atoms with E-state index in [0.717, 1.165) is 5.75 Å². The number of hydrogen-bond acceptors (Lipinski definition) is 2. The van der Waals surface area contributed by atoms with Crippen molar-refractivity contribution in [2.75, 3.05) is 6.61 Å². The number of ether oxygens (including phenoxy) is 1. The van der Waals surface area contributed by atoms with E-state index in [2.05, 4.69) is 60.6 Å². The van der Waals surface area contributed by atoms with Gasteiger partial charge in [0.2, 0.25) is 0 Å². The van der Waals surface area contributed by atoms with Crippen molar-refractivity contribution in [3.63, 3.8) is 0 Å². The molecular formula is C21H34O2. The van der Waals surface area contributed by atoms with E-state index in [0.29, 0.717) is 18.8 Å². The second kappa shape index (κ2) is 7.07. The fraction of sp³-hybridized carbons (Fsp3) is 0.667. The highest BCUT2D eigenvalue weighted by Crippen LogP contribution is 2.39. The molecule has 2 nitrogen and oxygen atoms in total. The van der Waals surface area contributed by atoms with Crippen LogP contribution in [-0.2, 0) is 10.2 Å². The van der Waals surface area contributed by atoms with Crippen LogP contribution in [0.5, 0.6) is 5.75 Å². The minimum absolute atomic E-state index is 0.0685. The van der Waals surface area contributed by atoms with Crippen molar-refractivity contribution in [1.82, 2.24) is 0 Å². The van der Waals surface area contributed by atoms with Gasteiger partial charge in [0.05, 0.1) is 6.61 Å². The summed E-state index contributed by atoms with van der Waals surface area (Å²) in [4.78, 5) is 12.3. The number of aryl methyl sites for hydroxylation is 2. The number of rotatable bonds is 6. The van der Waals surface area contributed by atoms with Crippen molar-refractivity contribution in [2.24, 2.45) is 11.3 Å². The van der Waals surface area contributed by atoms with Crippen molar-refractivity contribution in [3.8, 4) is 5.75 Å². The summed E-state index contributed by atoms with van der Waals surface area (Å²) in [5, 5.41) is 0. The highest BCUT2D eigenvalue weighted by Gasteiger charge is 2.30. The van der Waals surface area contributed by atoms with E-state index in [1.54, 1.807) is 0 Å². The van der Waals surface area contributed by atoms with Gasteiger partial charge in [0.1, 0.15) is 11.5 Å². The second-order valence-corrected chi connectivity index (χ2v) is 8.99. The molecule has 0 aliphatic rings. The standard InChI is InChI=1S/C21H34O2/c1-14(2)17(22)12-21(8,9)19-16(4)10-15(3)11-18(19)23-13-20(5,6)7/h10-11,14H,12-13H2,1-9H3. The average molecular weight is 319 g/mol. The van der Waals surface area contributed by atoms with Gasteiger partial charge in [0, 0.05) is 23.3 Å². The first kappa shape index (κ1) is 19.7. The quantitative estimate of drug-likeness (QED) is 0.680. The molecule has 0 aromatic heterocycles. The van der Waals surface area contributed by atoms with Gasteiger partial charge in [-0.15, -0.1) is 0 Å². The molecule has 0 atom stereocenters. The average Bonchev–Trinajstić information content (AvgIpc) is 2.33. The third-order valence-electron chi connectivity index (χ3n) is 4.04. The molecule has 1 aromatic rings. The minimum atomic E-state index is -0.230. The van der Waals surface area contributed by atoms with Crippen LogP contribution in [0.3, 0.4) is 0 Å². The molecule has 0 saturated heterocycles. The number of hydrogen-bond donors (Lipinski definition) is 0. The maximum Gasteiger partial charge on any atom is 0.136 e. The van der Waals surface area contributed by atoms with Crippen LogP contribution in [0.25, 0.3) is 0 Å². The van der Waals surface area contributed by atoms with Crippen molar-refractivity contribution in [3.05, 3.63) is 28.8 Å². The Labute approximate surface area is 142 Å². The second-order valence-electron chi connectivity index (χ2n) is 8.99. The van der Waals surface area contributed by atoms with E-state index in [1.807, 2.05) is 13.8 Å². The molecule has 0 fully saturated rings. The van der Waals surface area contributed by atoms with E-state index in [-0.39, 0.29) is 16.7 Å². The number of Topliss-reactive ketones (excluding diaryl/α,β-unsaturated/α-hetero) is 1. The zero-order valence-corrected chi connectivity index (χ0v) is 16.5. The number of ketones is 1. The van der Waals surface area contributed by atoms with Crippen molar-refractivity contribution in [2.45, 2.75) is 74.1 Å². The zero-order valence-electron chi connectivity index (χ0n) is 16.5. The first-order chi connectivity index (χ1) is 10.3. The van der Waals surface area contributed by atoms with Gasteiger partial charge < -0.3 is 4.74 Å². The van der Waals surface area contributed by atoms with E-state index >= 15 is 0 Å². The fourth-order valence-corrected chi connectivity index (χ4v) is 2.93. The summed E-state index contributed by atoms with van der Waals surface area (Å²) in [7, 11) is 0. The molecule has 0 aliphatic heterocycles. The lowest BCUT2D eigenvalue weighted by Gasteiger charge is -2.31. The lowest BCUT2D eigenvalue weighted by molar-refractivity contribution is -0.122. The topological polar surface area (TPSA) is 26.3 Å². The lowest BCUT2D eigenvalue weighted by atomic mass is 9.76. The Bertz CT molecular complexity index is 560. The van der Waals surface area contributed by atoms with E-state index in [4.69, 9.17) is 4.74 Å². The Morgan fingerprint density at radius 3 is 2.13 bits per heavy atom. The van der Waals surface area contributed by atoms with Gasteiger partial charge >= 0.3 is 0 Å². The molecule has 0 spiro atoms. The van der Waals surface area contributed by atoms with Gasteiger partial charge in [-0.25, -0.2) is 0 Å². The van der Waals surface area contributed by atoms with Crippen LogP contribution in [0.15, 0.2) is 12.1 Å². The number of benzene rings is 1. The molecular weight excluding hydrogens is 284 g/mol. The van der Waals surface area contributed by atoms with Crippen LogP contribution in [0, 0.1) is 25.2 Å². The molecule has 0 heterocycles. The number of carbonyl (C=O) groups excluding carboxylic acids is 1. The van der Waals surface area contributed by atoms with Crippen LogP contribution >= 0.6 is 0 Å². The molecule has 0 unspecified atom stereocenters. The predicted octanol–water partition coefficient (Wildman–Crippen LogP) is 5.62. The minimum Gasteiger partial charge on any atom is -0.493 e. The highest BCUT2D eigenvalue weighted by molar-refractivity contribution is 5.82. The highest BCUT2D eigenvalue weighted by atomic mass is 16.5. The maximum absolute atomic E-state index is 12.3. The molecule has 2 heteroatoms. The first-order valence-electron chi connectivity index (χ1n) is 8.61. The SMILES string of the molecule is Cc1cc(C)c(C(C)(C)CC(=O)C(C)C)c(OCC(C)(C)C)c1. The van der Waals surface area contributed by atoms with E-state index < -0.39 is 0 Å². The van der Waals surface area contributed by atoms with Gasteiger partial charge in [-0.3, -0.25) is 4.79 Å².